The number of carbonyl (C=O) groups excluding carboxylic acids is 1. The number of thiophene rings is 1. The first-order valence-corrected chi connectivity index (χ1v) is 11.7. The van der Waals surface area contributed by atoms with Crippen LogP contribution in [0, 0.1) is 0 Å². The van der Waals surface area contributed by atoms with Crippen LogP contribution in [0.25, 0.3) is 10.2 Å². The summed E-state index contributed by atoms with van der Waals surface area (Å²) in [6, 6.07) is 16.9. The Morgan fingerprint density at radius 3 is 2.81 bits per heavy atom. The van der Waals surface area contributed by atoms with Crippen LogP contribution in [0.15, 0.2) is 69.9 Å². The third kappa shape index (κ3) is 4.35. The first kappa shape index (κ1) is 20.6. The Kier molecular flexibility index (Phi) is 5.83. The fraction of sp³-hybridized carbons (Fsp3) is 0.174. The topological polar surface area (TPSA) is 79.7 Å². The summed E-state index contributed by atoms with van der Waals surface area (Å²) in [5.74, 6) is 1.02. The van der Waals surface area contributed by atoms with Crippen LogP contribution in [-0.4, -0.2) is 28.1 Å². The fourth-order valence-electron chi connectivity index (χ4n) is 3.30. The molecule has 0 aliphatic carbocycles. The van der Waals surface area contributed by atoms with Crippen LogP contribution < -0.4 is 15.0 Å². The van der Waals surface area contributed by atoms with Crippen LogP contribution in [0.1, 0.15) is 11.1 Å². The number of hydrogen-bond acceptors (Lipinski definition) is 8. The number of rotatable bonds is 7. The highest BCUT2D eigenvalue weighted by molar-refractivity contribution is 7.99. The Labute approximate surface area is 191 Å². The van der Waals surface area contributed by atoms with Gasteiger partial charge in [-0.15, -0.1) is 11.3 Å². The van der Waals surface area contributed by atoms with Gasteiger partial charge in [0.15, 0.2) is 16.7 Å². The lowest BCUT2D eigenvalue weighted by Gasteiger charge is -2.12. The van der Waals surface area contributed by atoms with Crippen molar-refractivity contribution in [2.75, 3.05) is 12.5 Å². The molecule has 0 unspecified atom stereocenters. The second-order valence-electron chi connectivity index (χ2n) is 7.04. The predicted molar refractivity (Wildman–Crippen MR) is 123 cm³/mol. The van der Waals surface area contributed by atoms with E-state index in [-0.39, 0.29) is 30.7 Å². The van der Waals surface area contributed by atoms with Crippen molar-refractivity contribution in [1.29, 1.82) is 0 Å². The second kappa shape index (κ2) is 9.05. The van der Waals surface area contributed by atoms with Crippen LogP contribution in [0.5, 0.6) is 11.5 Å². The molecule has 1 aliphatic rings. The minimum absolute atomic E-state index is 0.0516. The quantitative estimate of drug-likeness (QED) is 0.231. The summed E-state index contributed by atoms with van der Waals surface area (Å²) in [7, 11) is 0. The summed E-state index contributed by atoms with van der Waals surface area (Å²) < 4.78 is 18.3. The molecule has 3 heterocycles. The van der Waals surface area contributed by atoms with E-state index in [0.29, 0.717) is 33.4 Å². The molecular formula is C23H18N2O5S2. The molecule has 0 spiro atoms. The van der Waals surface area contributed by atoms with Crippen molar-refractivity contribution in [2.24, 2.45) is 0 Å². The van der Waals surface area contributed by atoms with Gasteiger partial charge < -0.3 is 14.2 Å². The SMILES string of the molecule is O=C(CSc1nc2ccsc2c(=O)n1Cc1ccc2c(c1)OCO2)OCc1ccccc1. The molecule has 0 saturated heterocycles. The maximum absolute atomic E-state index is 13.2. The molecule has 0 bridgehead atoms. The molecule has 2 aromatic heterocycles. The molecule has 0 N–H and O–H groups in total. The summed E-state index contributed by atoms with van der Waals surface area (Å²) in [5.41, 5.74) is 2.29. The number of thioether (sulfide) groups is 1. The Morgan fingerprint density at radius 2 is 1.94 bits per heavy atom. The number of aromatic nitrogens is 2. The minimum atomic E-state index is -0.367. The zero-order valence-corrected chi connectivity index (χ0v) is 18.5. The number of benzene rings is 2. The molecule has 5 rings (SSSR count). The van der Waals surface area contributed by atoms with E-state index < -0.39 is 0 Å². The fourth-order valence-corrected chi connectivity index (χ4v) is 4.87. The van der Waals surface area contributed by atoms with Gasteiger partial charge in [-0.05, 0) is 34.7 Å². The number of nitrogens with zero attached hydrogens (tertiary/aromatic N) is 2. The molecule has 162 valence electrons. The first-order chi connectivity index (χ1) is 15.7. The van der Waals surface area contributed by atoms with E-state index in [2.05, 4.69) is 4.98 Å². The summed E-state index contributed by atoms with van der Waals surface area (Å²) in [5, 5.41) is 2.31. The van der Waals surface area contributed by atoms with E-state index in [0.717, 1.165) is 11.1 Å². The van der Waals surface area contributed by atoms with Gasteiger partial charge in [-0.1, -0.05) is 48.2 Å². The van der Waals surface area contributed by atoms with Crippen molar-refractivity contribution in [3.63, 3.8) is 0 Å². The summed E-state index contributed by atoms with van der Waals surface area (Å²) >= 11 is 2.55. The highest BCUT2D eigenvalue weighted by atomic mass is 32.2. The van der Waals surface area contributed by atoms with Crippen molar-refractivity contribution in [3.8, 4) is 11.5 Å². The van der Waals surface area contributed by atoms with Crippen molar-refractivity contribution in [1.82, 2.24) is 9.55 Å². The van der Waals surface area contributed by atoms with Crippen LogP contribution in [0.2, 0.25) is 0 Å². The third-order valence-corrected chi connectivity index (χ3v) is 6.71. The summed E-state index contributed by atoms with van der Waals surface area (Å²) in [6.07, 6.45) is 0. The van der Waals surface area contributed by atoms with E-state index >= 15 is 0 Å². The molecule has 32 heavy (non-hydrogen) atoms. The lowest BCUT2D eigenvalue weighted by atomic mass is 10.2. The van der Waals surface area contributed by atoms with Gasteiger partial charge in [0.2, 0.25) is 6.79 Å². The number of esters is 1. The molecule has 0 amide bonds. The number of fused-ring (bicyclic) bond motifs is 2. The maximum Gasteiger partial charge on any atom is 0.316 e. The maximum atomic E-state index is 13.2. The Bertz CT molecular complexity index is 1330. The highest BCUT2D eigenvalue weighted by Gasteiger charge is 2.17. The summed E-state index contributed by atoms with van der Waals surface area (Å²) in [6.45, 7) is 0.701. The molecule has 4 aromatic rings. The van der Waals surface area contributed by atoms with E-state index in [1.54, 1.807) is 4.57 Å². The first-order valence-electron chi connectivity index (χ1n) is 9.86. The predicted octanol–water partition coefficient (Wildman–Crippen LogP) is 4.07. The van der Waals surface area contributed by atoms with Crippen LogP contribution in [0.4, 0.5) is 0 Å². The molecule has 9 heteroatoms. The van der Waals surface area contributed by atoms with E-state index in [1.165, 1.54) is 23.1 Å². The van der Waals surface area contributed by atoms with Crippen molar-refractivity contribution in [2.45, 2.75) is 18.3 Å². The monoisotopic (exact) mass is 466 g/mol. The van der Waals surface area contributed by atoms with Gasteiger partial charge in [0.05, 0.1) is 17.8 Å². The molecule has 2 aromatic carbocycles. The molecule has 1 aliphatic heterocycles. The largest absolute Gasteiger partial charge is 0.460 e. The molecule has 0 radical (unpaired) electrons. The zero-order valence-electron chi connectivity index (χ0n) is 16.9. The molecule has 0 atom stereocenters. The van der Waals surface area contributed by atoms with Crippen molar-refractivity contribution >= 4 is 39.3 Å². The average molecular weight is 467 g/mol. The number of ether oxygens (including phenoxy) is 3. The van der Waals surface area contributed by atoms with Gasteiger partial charge in [-0.2, -0.15) is 0 Å². The van der Waals surface area contributed by atoms with Gasteiger partial charge >= 0.3 is 5.97 Å². The third-order valence-electron chi connectivity index (χ3n) is 4.87. The van der Waals surface area contributed by atoms with Gasteiger partial charge in [0.25, 0.3) is 5.56 Å². The molecule has 0 saturated carbocycles. The number of hydrogen-bond donors (Lipinski definition) is 0. The molecular weight excluding hydrogens is 448 g/mol. The number of carbonyl (C=O) groups is 1. The van der Waals surface area contributed by atoms with Gasteiger partial charge in [-0.25, -0.2) is 4.98 Å². The van der Waals surface area contributed by atoms with Crippen molar-refractivity contribution in [3.05, 3.63) is 81.5 Å². The van der Waals surface area contributed by atoms with Gasteiger partial charge in [-0.3, -0.25) is 14.2 Å². The molecule has 7 nitrogen and oxygen atoms in total. The van der Waals surface area contributed by atoms with Crippen LogP contribution in [-0.2, 0) is 22.7 Å². The second-order valence-corrected chi connectivity index (χ2v) is 8.90. The van der Waals surface area contributed by atoms with E-state index in [4.69, 9.17) is 14.2 Å². The van der Waals surface area contributed by atoms with Crippen molar-refractivity contribution < 1.29 is 19.0 Å². The van der Waals surface area contributed by atoms with E-state index in [9.17, 15) is 9.59 Å². The average Bonchev–Trinajstić information content (AvgIpc) is 3.48. The van der Waals surface area contributed by atoms with E-state index in [1.807, 2.05) is 60.0 Å². The minimum Gasteiger partial charge on any atom is -0.460 e. The summed E-state index contributed by atoms with van der Waals surface area (Å²) in [4.78, 5) is 30.1. The van der Waals surface area contributed by atoms with Gasteiger partial charge in [0, 0.05) is 0 Å². The Balaban J connectivity index is 1.36. The van der Waals surface area contributed by atoms with Gasteiger partial charge in [0.1, 0.15) is 11.3 Å². The Morgan fingerprint density at radius 1 is 1.09 bits per heavy atom. The standard InChI is InChI=1S/C23H18N2O5S2/c26-20(28-12-15-4-2-1-3-5-15)13-32-23-24-17-8-9-31-21(17)22(27)25(23)11-16-6-7-18-19(10-16)30-14-29-18/h1-10H,11-14H2. The smallest absolute Gasteiger partial charge is 0.316 e. The highest BCUT2D eigenvalue weighted by Crippen LogP contribution is 2.33. The van der Waals surface area contributed by atoms with Crippen LogP contribution in [0.3, 0.4) is 0 Å². The van der Waals surface area contributed by atoms with Crippen LogP contribution >= 0.6 is 23.1 Å². The lowest BCUT2D eigenvalue weighted by Crippen LogP contribution is -2.23. The zero-order chi connectivity index (χ0) is 21.9. The molecule has 0 fully saturated rings. The lowest BCUT2D eigenvalue weighted by molar-refractivity contribution is -0.141. The normalized spacial score (nSPS) is 12.2. The Hall–Kier alpha value is -3.30.